The molecular weight excluding hydrogens is 371 g/mol. The van der Waals surface area contributed by atoms with Gasteiger partial charge in [-0.2, -0.15) is 34.8 Å². The summed E-state index contributed by atoms with van der Waals surface area (Å²) in [5, 5.41) is 0. The maximum absolute atomic E-state index is 13.6. The molecule has 0 heterocycles. The van der Waals surface area contributed by atoms with Crippen molar-refractivity contribution in [3.05, 3.63) is 29.8 Å². The van der Waals surface area contributed by atoms with E-state index in [4.69, 9.17) is 0 Å². The largest absolute Gasteiger partial charge is 0.534 e. The Bertz CT molecular complexity index is 648. The van der Waals surface area contributed by atoms with Crippen LogP contribution in [0.25, 0.3) is 0 Å². The minimum absolute atomic E-state index is 0.0425. The van der Waals surface area contributed by atoms with Crippen LogP contribution in [0.5, 0.6) is 5.75 Å². The average molecular weight is 376 g/mol. The molecule has 0 radical (unpaired) electrons. The molecule has 0 amide bonds. The zero-order chi connectivity index (χ0) is 18.3. The van der Waals surface area contributed by atoms with Gasteiger partial charge in [0.15, 0.2) is 0 Å². The number of hydrogen-bond donors (Lipinski definition) is 0. The highest BCUT2D eigenvalue weighted by molar-refractivity contribution is 7.87. The normalized spacial score (nSPS) is 16.3. The van der Waals surface area contributed by atoms with Crippen LogP contribution in [-0.2, 0) is 15.8 Å². The summed E-state index contributed by atoms with van der Waals surface area (Å²) in [4.78, 5) is 0. The first-order valence-electron chi connectivity index (χ1n) is 5.28. The summed E-state index contributed by atoms with van der Waals surface area (Å²) < 4.78 is 137. The molecule has 0 N–H and O–H groups in total. The second kappa shape index (κ2) is 5.76. The highest BCUT2D eigenvalue weighted by atomic mass is 32.2. The molecule has 132 valence electrons. The van der Waals surface area contributed by atoms with E-state index in [9.17, 15) is 47.9 Å². The lowest BCUT2D eigenvalue weighted by Gasteiger charge is -2.27. The van der Waals surface area contributed by atoms with E-state index in [1.165, 1.54) is 0 Å². The first-order chi connectivity index (χ1) is 10.1. The van der Waals surface area contributed by atoms with Crippen LogP contribution in [0, 0.1) is 0 Å². The number of hydrogen-bond acceptors (Lipinski definition) is 3. The molecule has 0 spiro atoms. The van der Waals surface area contributed by atoms with Crippen LogP contribution in [0.3, 0.4) is 0 Å². The van der Waals surface area contributed by atoms with Gasteiger partial charge in [0.2, 0.25) is 0 Å². The van der Waals surface area contributed by atoms with Gasteiger partial charge >= 0.3 is 21.8 Å². The zero-order valence-corrected chi connectivity index (χ0v) is 11.2. The van der Waals surface area contributed by atoms with Crippen LogP contribution in [0.1, 0.15) is 5.56 Å². The first-order valence-corrected chi connectivity index (χ1v) is 6.69. The van der Waals surface area contributed by atoms with Gasteiger partial charge in [-0.3, -0.25) is 0 Å². The fourth-order valence-electron chi connectivity index (χ4n) is 1.34. The summed E-state index contributed by atoms with van der Waals surface area (Å²) in [6.07, 6.45) is -10.5. The van der Waals surface area contributed by atoms with Gasteiger partial charge in [0, 0.05) is 5.56 Å². The molecule has 23 heavy (non-hydrogen) atoms. The van der Waals surface area contributed by atoms with E-state index in [-0.39, 0.29) is 24.3 Å². The van der Waals surface area contributed by atoms with Crippen molar-refractivity contribution in [2.45, 2.75) is 23.8 Å². The molecule has 1 rings (SSSR count). The van der Waals surface area contributed by atoms with Crippen molar-refractivity contribution in [2.24, 2.45) is 0 Å². The molecule has 0 aliphatic carbocycles. The second-order valence-corrected chi connectivity index (χ2v) is 5.56. The molecule has 1 aromatic carbocycles. The molecule has 0 bridgehead atoms. The molecule has 0 saturated carbocycles. The Kier molecular flexibility index (Phi) is 4.86. The minimum Gasteiger partial charge on any atom is -0.376 e. The van der Waals surface area contributed by atoms with Crippen LogP contribution < -0.4 is 4.18 Å². The molecular formula is C10H5F9O3S. The quantitative estimate of drug-likeness (QED) is 0.455. The number of benzene rings is 1. The zero-order valence-electron chi connectivity index (χ0n) is 10.4. The number of rotatable bonds is 4. The standard InChI is InChI=1S/C10H5F9O3S/c11-7(12)8(13,9(14,15)16)5-1-3-6(4-2-5)22-23(20,21)10(17,18)19/h1-4,7H. The predicted octanol–water partition coefficient (Wildman–Crippen LogP) is 3.91. The van der Waals surface area contributed by atoms with Crippen LogP contribution in [0.15, 0.2) is 24.3 Å². The second-order valence-electron chi connectivity index (χ2n) is 4.02. The van der Waals surface area contributed by atoms with Gasteiger partial charge in [-0.25, -0.2) is 13.2 Å². The van der Waals surface area contributed by atoms with E-state index < -0.39 is 45.2 Å². The molecule has 13 heteroatoms. The SMILES string of the molecule is O=S(=O)(Oc1ccc(C(F)(C(F)F)C(F)(F)F)cc1)C(F)(F)F. The summed E-state index contributed by atoms with van der Waals surface area (Å²) in [5.41, 5.74) is -12.5. The van der Waals surface area contributed by atoms with Gasteiger partial charge in [-0.1, -0.05) is 12.1 Å². The Labute approximate surface area is 122 Å². The van der Waals surface area contributed by atoms with E-state index in [2.05, 4.69) is 4.18 Å². The highest BCUT2D eigenvalue weighted by Crippen LogP contribution is 2.47. The smallest absolute Gasteiger partial charge is 0.376 e. The van der Waals surface area contributed by atoms with E-state index in [0.717, 1.165) is 0 Å². The van der Waals surface area contributed by atoms with Crippen molar-refractivity contribution in [3.63, 3.8) is 0 Å². The number of alkyl halides is 9. The van der Waals surface area contributed by atoms with Gasteiger partial charge in [0.1, 0.15) is 5.75 Å². The minimum atomic E-state index is -6.11. The van der Waals surface area contributed by atoms with Crippen LogP contribution in [-0.4, -0.2) is 26.5 Å². The van der Waals surface area contributed by atoms with Crippen molar-refractivity contribution in [2.75, 3.05) is 0 Å². The van der Waals surface area contributed by atoms with Crippen LogP contribution >= 0.6 is 0 Å². The summed E-state index contributed by atoms with van der Waals surface area (Å²) >= 11 is 0. The summed E-state index contributed by atoms with van der Waals surface area (Å²) in [6.45, 7) is 0. The Balaban J connectivity index is 3.19. The lowest BCUT2D eigenvalue weighted by Crippen LogP contribution is -2.44. The number of halogens is 9. The fraction of sp³-hybridized carbons (Fsp3) is 0.400. The molecule has 3 nitrogen and oxygen atoms in total. The van der Waals surface area contributed by atoms with Crippen molar-refractivity contribution >= 4 is 10.1 Å². The van der Waals surface area contributed by atoms with E-state index in [1.807, 2.05) is 0 Å². The van der Waals surface area contributed by atoms with Gasteiger partial charge < -0.3 is 4.18 Å². The van der Waals surface area contributed by atoms with Gasteiger partial charge in [-0.15, -0.1) is 0 Å². The Hall–Kier alpha value is -1.66. The first kappa shape index (κ1) is 19.4. The van der Waals surface area contributed by atoms with Crippen molar-refractivity contribution < 1.29 is 52.1 Å². The van der Waals surface area contributed by atoms with Crippen molar-refractivity contribution in [3.8, 4) is 5.75 Å². The third kappa shape index (κ3) is 3.64. The van der Waals surface area contributed by atoms with Crippen LogP contribution in [0.2, 0.25) is 0 Å². The van der Waals surface area contributed by atoms with E-state index >= 15 is 0 Å². The monoisotopic (exact) mass is 376 g/mol. The Morgan fingerprint density at radius 3 is 1.61 bits per heavy atom. The molecule has 0 aromatic heterocycles. The van der Waals surface area contributed by atoms with Gasteiger partial charge in [0.25, 0.3) is 12.1 Å². The molecule has 1 atom stereocenters. The van der Waals surface area contributed by atoms with Crippen molar-refractivity contribution in [1.82, 2.24) is 0 Å². The molecule has 1 aromatic rings. The molecule has 0 saturated heterocycles. The summed E-state index contributed by atoms with van der Waals surface area (Å²) in [6, 6.07) is 0.448. The molecule has 0 aliphatic heterocycles. The van der Waals surface area contributed by atoms with Crippen molar-refractivity contribution in [1.29, 1.82) is 0 Å². The van der Waals surface area contributed by atoms with E-state index in [0.29, 0.717) is 0 Å². The molecule has 1 unspecified atom stereocenters. The maximum atomic E-state index is 13.6. The third-order valence-electron chi connectivity index (χ3n) is 2.48. The van der Waals surface area contributed by atoms with Crippen LogP contribution in [0.4, 0.5) is 39.5 Å². The molecule has 0 fully saturated rings. The molecule has 0 aliphatic rings. The fourth-order valence-corrected chi connectivity index (χ4v) is 1.80. The Morgan fingerprint density at radius 1 is 0.870 bits per heavy atom. The lowest BCUT2D eigenvalue weighted by atomic mass is 9.95. The summed E-state index contributed by atoms with van der Waals surface area (Å²) in [5.74, 6) is -1.13. The van der Waals surface area contributed by atoms with Gasteiger partial charge in [0.05, 0.1) is 0 Å². The van der Waals surface area contributed by atoms with E-state index in [1.54, 1.807) is 0 Å². The average Bonchev–Trinajstić information content (AvgIpc) is 2.35. The summed E-state index contributed by atoms with van der Waals surface area (Å²) in [7, 11) is -6.11. The third-order valence-corrected chi connectivity index (χ3v) is 3.46. The highest BCUT2D eigenvalue weighted by Gasteiger charge is 2.64. The topological polar surface area (TPSA) is 43.4 Å². The maximum Gasteiger partial charge on any atom is 0.534 e. The Morgan fingerprint density at radius 2 is 1.30 bits per heavy atom. The predicted molar refractivity (Wildman–Crippen MR) is 56.9 cm³/mol. The lowest BCUT2D eigenvalue weighted by molar-refractivity contribution is -0.274. The van der Waals surface area contributed by atoms with Gasteiger partial charge in [-0.05, 0) is 12.1 Å².